The van der Waals surface area contributed by atoms with Crippen molar-refractivity contribution in [1.29, 1.82) is 0 Å². The Morgan fingerprint density at radius 3 is 2.03 bits per heavy atom. The smallest absolute Gasteiger partial charge is 0.433 e. The summed E-state index contributed by atoms with van der Waals surface area (Å²) in [5, 5.41) is 7.60. The standard InChI is InChI=1S/C18H11F9N4O/c19-16(20,21)9-32-15-13(7-10-5-6-28-14(8-10)18(25,26)27)29-31(30-15)12-3-1-11(2-4-12)17(22,23)24/h1-6,8H,7,9H2. The van der Waals surface area contributed by atoms with Crippen molar-refractivity contribution in [2.24, 2.45) is 0 Å². The molecule has 172 valence electrons. The molecule has 0 saturated heterocycles. The average Bonchev–Trinajstić information content (AvgIpc) is 3.07. The van der Waals surface area contributed by atoms with Crippen LogP contribution in [0.5, 0.6) is 5.88 Å². The molecule has 0 spiro atoms. The fourth-order valence-corrected chi connectivity index (χ4v) is 2.53. The first-order chi connectivity index (χ1) is 14.7. The Kier molecular flexibility index (Phi) is 6.07. The maximum absolute atomic E-state index is 12.9. The Labute approximate surface area is 173 Å². The van der Waals surface area contributed by atoms with Crippen molar-refractivity contribution in [2.75, 3.05) is 6.61 Å². The number of hydrogen-bond acceptors (Lipinski definition) is 4. The van der Waals surface area contributed by atoms with Gasteiger partial charge < -0.3 is 4.74 Å². The molecule has 2 heterocycles. The van der Waals surface area contributed by atoms with E-state index in [1.54, 1.807) is 0 Å². The van der Waals surface area contributed by atoms with Crippen molar-refractivity contribution in [2.45, 2.75) is 24.9 Å². The number of aromatic nitrogens is 4. The lowest BCUT2D eigenvalue weighted by molar-refractivity contribution is -0.154. The maximum Gasteiger partial charge on any atom is 0.433 e. The molecule has 3 rings (SSSR count). The van der Waals surface area contributed by atoms with E-state index in [2.05, 4.69) is 19.9 Å². The number of rotatable bonds is 5. The Morgan fingerprint density at radius 1 is 0.812 bits per heavy atom. The normalized spacial score (nSPS) is 12.8. The minimum atomic E-state index is -4.75. The third-order valence-electron chi connectivity index (χ3n) is 3.93. The summed E-state index contributed by atoms with van der Waals surface area (Å²) in [4.78, 5) is 3.92. The van der Waals surface area contributed by atoms with E-state index in [9.17, 15) is 39.5 Å². The van der Waals surface area contributed by atoms with Crippen LogP contribution >= 0.6 is 0 Å². The minimum absolute atomic E-state index is 0.00338. The van der Waals surface area contributed by atoms with Crippen LogP contribution in [-0.4, -0.2) is 32.8 Å². The van der Waals surface area contributed by atoms with Gasteiger partial charge in [-0.2, -0.15) is 39.5 Å². The lowest BCUT2D eigenvalue weighted by Crippen LogP contribution is -2.20. The van der Waals surface area contributed by atoms with Crippen molar-refractivity contribution in [1.82, 2.24) is 20.0 Å². The molecule has 3 aromatic rings. The van der Waals surface area contributed by atoms with Crippen molar-refractivity contribution in [3.8, 4) is 11.6 Å². The van der Waals surface area contributed by atoms with Gasteiger partial charge in [-0.25, -0.2) is 0 Å². The molecule has 0 aliphatic heterocycles. The van der Waals surface area contributed by atoms with Gasteiger partial charge in [0.2, 0.25) is 0 Å². The lowest BCUT2D eigenvalue weighted by Gasteiger charge is -2.08. The zero-order valence-electron chi connectivity index (χ0n) is 15.6. The molecule has 0 amide bonds. The number of pyridine rings is 1. The molecular weight excluding hydrogens is 459 g/mol. The Hall–Kier alpha value is -3.32. The van der Waals surface area contributed by atoms with E-state index < -0.39 is 48.7 Å². The van der Waals surface area contributed by atoms with Gasteiger partial charge in [0.25, 0.3) is 5.88 Å². The monoisotopic (exact) mass is 470 g/mol. The van der Waals surface area contributed by atoms with Crippen LogP contribution in [0.4, 0.5) is 39.5 Å². The van der Waals surface area contributed by atoms with Gasteiger partial charge in [-0.3, -0.25) is 4.98 Å². The van der Waals surface area contributed by atoms with Crippen molar-refractivity contribution in [3.63, 3.8) is 0 Å². The third-order valence-corrected chi connectivity index (χ3v) is 3.93. The molecule has 0 N–H and O–H groups in total. The second-order valence-electron chi connectivity index (χ2n) is 6.41. The van der Waals surface area contributed by atoms with E-state index in [1.165, 1.54) is 6.07 Å². The molecule has 0 bridgehead atoms. The molecule has 32 heavy (non-hydrogen) atoms. The van der Waals surface area contributed by atoms with Crippen molar-refractivity contribution in [3.05, 3.63) is 65.1 Å². The summed E-state index contributed by atoms with van der Waals surface area (Å²) in [5.74, 6) is -0.632. The van der Waals surface area contributed by atoms with Crippen molar-refractivity contribution < 1.29 is 44.3 Å². The fraction of sp³-hybridized carbons (Fsp3) is 0.278. The second-order valence-corrected chi connectivity index (χ2v) is 6.41. The first kappa shape index (κ1) is 23.3. The minimum Gasteiger partial charge on any atom is -0.466 e. The summed E-state index contributed by atoms with van der Waals surface area (Å²) in [6.07, 6.45) is -13.6. The van der Waals surface area contributed by atoms with E-state index in [1.807, 2.05) is 0 Å². The van der Waals surface area contributed by atoms with Crippen LogP contribution in [0.2, 0.25) is 0 Å². The summed E-state index contributed by atoms with van der Waals surface area (Å²) in [6, 6.07) is 5.27. The summed E-state index contributed by atoms with van der Waals surface area (Å²) in [7, 11) is 0. The molecule has 0 aliphatic rings. The molecule has 0 saturated carbocycles. The Balaban J connectivity index is 1.94. The number of hydrogen-bond donors (Lipinski definition) is 0. The van der Waals surface area contributed by atoms with Crippen LogP contribution < -0.4 is 4.74 Å². The molecule has 14 heteroatoms. The molecule has 0 aliphatic carbocycles. The largest absolute Gasteiger partial charge is 0.466 e. The highest BCUT2D eigenvalue weighted by molar-refractivity contribution is 5.36. The quantitative estimate of drug-likeness (QED) is 0.480. The highest BCUT2D eigenvalue weighted by Gasteiger charge is 2.33. The molecule has 0 unspecified atom stereocenters. The van der Waals surface area contributed by atoms with Crippen LogP contribution in [0.1, 0.15) is 22.5 Å². The SMILES string of the molecule is FC(F)(F)COc1nn(-c2ccc(C(F)(F)F)cc2)nc1Cc1ccnc(C(F)(F)F)c1. The van der Waals surface area contributed by atoms with E-state index in [-0.39, 0.29) is 16.9 Å². The molecule has 2 aromatic heterocycles. The second kappa shape index (κ2) is 8.31. The molecule has 0 fully saturated rings. The topological polar surface area (TPSA) is 52.8 Å². The maximum atomic E-state index is 12.9. The van der Waals surface area contributed by atoms with Crippen LogP contribution in [0.25, 0.3) is 5.69 Å². The van der Waals surface area contributed by atoms with Gasteiger partial charge in [0.05, 0.1) is 11.3 Å². The third kappa shape index (κ3) is 5.88. The first-order valence-corrected chi connectivity index (χ1v) is 8.58. The number of alkyl halides is 9. The summed E-state index contributed by atoms with van der Waals surface area (Å²) in [5.41, 5.74) is -2.48. The molecule has 0 radical (unpaired) electrons. The lowest BCUT2D eigenvalue weighted by atomic mass is 10.1. The van der Waals surface area contributed by atoms with Crippen LogP contribution in [0.3, 0.4) is 0 Å². The van der Waals surface area contributed by atoms with Gasteiger partial charge in [-0.1, -0.05) is 0 Å². The van der Waals surface area contributed by atoms with E-state index >= 15 is 0 Å². The molecule has 0 atom stereocenters. The number of ether oxygens (including phenoxy) is 1. The summed E-state index contributed by atoms with van der Waals surface area (Å²) >= 11 is 0. The fourth-order valence-electron chi connectivity index (χ4n) is 2.53. The number of nitrogens with zero attached hydrogens (tertiary/aromatic N) is 4. The van der Waals surface area contributed by atoms with Gasteiger partial charge >= 0.3 is 18.5 Å². The van der Waals surface area contributed by atoms with Gasteiger partial charge in [0, 0.05) is 12.6 Å². The van der Waals surface area contributed by atoms with E-state index in [0.717, 1.165) is 23.1 Å². The zero-order chi connectivity index (χ0) is 23.7. The Bertz CT molecular complexity index is 1070. The summed E-state index contributed by atoms with van der Waals surface area (Å²) in [6.45, 7) is -1.75. The highest BCUT2D eigenvalue weighted by Crippen LogP contribution is 2.31. The summed E-state index contributed by atoms with van der Waals surface area (Å²) < 4.78 is 119. The van der Waals surface area contributed by atoms with Crippen molar-refractivity contribution >= 4 is 0 Å². The number of halogens is 9. The first-order valence-electron chi connectivity index (χ1n) is 8.58. The predicted molar refractivity (Wildman–Crippen MR) is 90.0 cm³/mol. The predicted octanol–water partition coefficient (Wildman–Crippen LogP) is 5.23. The van der Waals surface area contributed by atoms with Gasteiger partial charge in [-0.15, -0.1) is 15.0 Å². The number of benzene rings is 1. The van der Waals surface area contributed by atoms with Gasteiger partial charge in [0.1, 0.15) is 11.4 Å². The molecule has 5 nitrogen and oxygen atoms in total. The Morgan fingerprint density at radius 2 is 1.47 bits per heavy atom. The van der Waals surface area contributed by atoms with E-state index in [4.69, 9.17) is 0 Å². The van der Waals surface area contributed by atoms with Gasteiger partial charge in [-0.05, 0) is 42.0 Å². The van der Waals surface area contributed by atoms with Crippen LogP contribution in [-0.2, 0) is 18.8 Å². The van der Waals surface area contributed by atoms with Crippen LogP contribution in [0, 0.1) is 0 Å². The van der Waals surface area contributed by atoms with E-state index in [0.29, 0.717) is 18.2 Å². The zero-order valence-corrected chi connectivity index (χ0v) is 15.6. The average molecular weight is 470 g/mol. The van der Waals surface area contributed by atoms with Gasteiger partial charge in [0.15, 0.2) is 6.61 Å². The highest BCUT2D eigenvalue weighted by atomic mass is 19.4. The van der Waals surface area contributed by atoms with Crippen LogP contribution in [0.15, 0.2) is 42.6 Å². The molecular formula is C18H11F9N4O. The molecule has 1 aromatic carbocycles.